The standard InChI is InChI=1S/C15H23NO3/c1-5-18-14-10-11(3)13(9-12(14)4)7-8-16-15(17)19-6-2/h9-10H,5-8H2,1-4H3,(H,16,17). The lowest BCUT2D eigenvalue weighted by Gasteiger charge is -2.13. The smallest absolute Gasteiger partial charge is 0.407 e. The Kier molecular flexibility index (Phi) is 6.19. The van der Waals surface area contributed by atoms with Crippen molar-refractivity contribution in [3.63, 3.8) is 0 Å². The molecule has 106 valence electrons. The fourth-order valence-electron chi connectivity index (χ4n) is 1.91. The van der Waals surface area contributed by atoms with Gasteiger partial charge in [-0.3, -0.25) is 0 Å². The Morgan fingerprint density at radius 3 is 2.53 bits per heavy atom. The van der Waals surface area contributed by atoms with Crippen molar-refractivity contribution in [3.8, 4) is 5.75 Å². The minimum atomic E-state index is -0.359. The van der Waals surface area contributed by atoms with Gasteiger partial charge in [0, 0.05) is 6.54 Å². The van der Waals surface area contributed by atoms with Crippen molar-refractivity contribution in [1.29, 1.82) is 0 Å². The van der Waals surface area contributed by atoms with Gasteiger partial charge in [-0.2, -0.15) is 0 Å². The number of amides is 1. The highest BCUT2D eigenvalue weighted by Gasteiger charge is 2.06. The lowest BCUT2D eigenvalue weighted by molar-refractivity contribution is 0.152. The van der Waals surface area contributed by atoms with Crippen LogP contribution in [0.15, 0.2) is 12.1 Å². The van der Waals surface area contributed by atoms with Crippen molar-refractivity contribution >= 4 is 6.09 Å². The molecule has 1 aromatic carbocycles. The minimum Gasteiger partial charge on any atom is -0.494 e. The first-order valence-electron chi connectivity index (χ1n) is 6.72. The zero-order valence-corrected chi connectivity index (χ0v) is 12.2. The highest BCUT2D eigenvalue weighted by Crippen LogP contribution is 2.23. The number of carbonyl (C=O) groups excluding carboxylic acids is 1. The van der Waals surface area contributed by atoms with Crippen LogP contribution < -0.4 is 10.1 Å². The van der Waals surface area contributed by atoms with Crippen LogP contribution >= 0.6 is 0 Å². The van der Waals surface area contributed by atoms with E-state index in [1.165, 1.54) is 11.1 Å². The van der Waals surface area contributed by atoms with Gasteiger partial charge in [0.1, 0.15) is 5.75 Å². The molecule has 1 N–H and O–H groups in total. The van der Waals surface area contributed by atoms with Gasteiger partial charge in [-0.25, -0.2) is 4.79 Å². The molecule has 0 bridgehead atoms. The van der Waals surface area contributed by atoms with E-state index in [2.05, 4.69) is 24.4 Å². The number of alkyl carbamates (subject to hydrolysis) is 1. The van der Waals surface area contributed by atoms with Crippen molar-refractivity contribution in [1.82, 2.24) is 5.32 Å². The van der Waals surface area contributed by atoms with Gasteiger partial charge >= 0.3 is 6.09 Å². The molecule has 0 saturated heterocycles. The number of ether oxygens (including phenoxy) is 2. The van der Waals surface area contributed by atoms with E-state index in [0.29, 0.717) is 19.8 Å². The Labute approximate surface area is 115 Å². The molecular formula is C15H23NO3. The molecule has 1 amide bonds. The van der Waals surface area contributed by atoms with Crippen LogP contribution in [-0.4, -0.2) is 25.9 Å². The van der Waals surface area contributed by atoms with Crippen molar-refractivity contribution in [2.45, 2.75) is 34.1 Å². The molecule has 0 saturated carbocycles. The number of hydrogen-bond donors (Lipinski definition) is 1. The van der Waals surface area contributed by atoms with E-state index in [0.717, 1.165) is 17.7 Å². The molecule has 0 atom stereocenters. The fraction of sp³-hybridized carbons (Fsp3) is 0.533. The minimum absolute atomic E-state index is 0.359. The van der Waals surface area contributed by atoms with E-state index < -0.39 is 0 Å². The second-order valence-corrected chi connectivity index (χ2v) is 4.37. The Morgan fingerprint density at radius 2 is 1.89 bits per heavy atom. The van der Waals surface area contributed by atoms with Crippen LogP contribution in [0.25, 0.3) is 0 Å². The lowest BCUT2D eigenvalue weighted by atomic mass is 10.0. The molecule has 0 spiro atoms. The van der Waals surface area contributed by atoms with Crippen LogP contribution in [0.3, 0.4) is 0 Å². The maximum absolute atomic E-state index is 11.2. The number of rotatable bonds is 6. The first kappa shape index (κ1) is 15.3. The molecule has 1 aromatic rings. The van der Waals surface area contributed by atoms with Crippen LogP contribution in [-0.2, 0) is 11.2 Å². The summed E-state index contributed by atoms with van der Waals surface area (Å²) >= 11 is 0. The van der Waals surface area contributed by atoms with Crippen LogP contribution in [0.2, 0.25) is 0 Å². The normalized spacial score (nSPS) is 10.1. The predicted molar refractivity (Wildman–Crippen MR) is 75.8 cm³/mol. The zero-order valence-electron chi connectivity index (χ0n) is 12.2. The summed E-state index contributed by atoms with van der Waals surface area (Å²) in [6, 6.07) is 4.17. The number of nitrogens with one attached hydrogen (secondary N) is 1. The average Bonchev–Trinajstić information content (AvgIpc) is 2.35. The summed E-state index contributed by atoms with van der Waals surface area (Å²) in [5, 5.41) is 2.73. The molecule has 0 aliphatic carbocycles. The first-order valence-corrected chi connectivity index (χ1v) is 6.72. The SMILES string of the molecule is CCOC(=O)NCCc1cc(C)c(OCC)cc1C. The quantitative estimate of drug-likeness (QED) is 0.860. The third-order valence-corrected chi connectivity index (χ3v) is 2.87. The third-order valence-electron chi connectivity index (χ3n) is 2.87. The van der Waals surface area contributed by atoms with E-state index in [4.69, 9.17) is 9.47 Å². The van der Waals surface area contributed by atoms with E-state index >= 15 is 0 Å². The number of aryl methyl sites for hydroxylation is 2. The Bertz CT molecular complexity index is 430. The van der Waals surface area contributed by atoms with Gasteiger partial charge in [-0.15, -0.1) is 0 Å². The second-order valence-electron chi connectivity index (χ2n) is 4.37. The van der Waals surface area contributed by atoms with Gasteiger partial charge in [-0.1, -0.05) is 6.07 Å². The van der Waals surface area contributed by atoms with Crippen LogP contribution in [0.5, 0.6) is 5.75 Å². The average molecular weight is 265 g/mol. The molecule has 0 aliphatic rings. The maximum Gasteiger partial charge on any atom is 0.407 e. The van der Waals surface area contributed by atoms with Gasteiger partial charge < -0.3 is 14.8 Å². The fourth-order valence-corrected chi connectivity index (χ4v) is 1.91. The van der Waals surface area contributed by atoms with Gasteiger partial charge in [0.2, 0.25) is 0 Å². The van der Waals surface area contributed by atoms with E-state index in [-0.39, 0.29) is 6.09 Å². The van der Waals surface area contributed by atoms with Crippen molar-refractivity contribution < 1.29 is 14.3 Å². The Morgan fingerprint density at radius 1 is 1.16 bits per heavy atom. The van der Waals surface area contributed by atoms with Crippen LogP contribution in [0, 0.1) is 13.8 Å². The predicted octanol–water partition coefficient (Wildman–Crippen LogP) is 2.99. The molecule has 0 fully saturated rings. The van der Waals surface area contributed by atoms with Gasteiger partial charge in [-0.05, 0) is 56.9 Å². The monoisotopic (exact) mass is 265 g/mol. The Hall–Kier alpha value is -1.71. The summed E-state index contributed by atoms with van der Waals surface area (Å²) in [4.78, 5) is 11.2. The largest absolute Gasteiger partial charge is 0.494 e. The van der Waals surface area contributed by atoms with Crippen LogP contribution in [0.1, 0.15) is 30.5 Å². The van der Waals surface area contributed by atoms with Crippen LogP contribution in [0.4, 0.5) is 4.79 Å². The summed E-state index contributed by atoms with van der Waals surface area (Å²) in [7, 11) is 0. The number of carbonyl (C=O) groups is 1. The van der Waals surface area contributed by atoms with E-state index in [9.17, 15) is 4.79 Å². The summed E-state index contributed by atoms with van der Waals surface area (Å²) < 4.78 is 10.4. The molecule has 1 rings (SSSR count). The highest BCUT2D eigenvalue weighted by molar-refractivity contribution is 5.67. The number of benzene rings is 1. The molecule has 0 heterocycles. The van der Waals surface area contributed by atoms with E-state index in [1.807, 2.05) is 13.8 Å². The van der Waals surface area contributed by atoms with Gasteiger partial charge in [0.25, 0.3) is 0 Å². The molecule has 0 radical (unpaired) electrons. The molecule has 0 unspecified atom stereocenters. The zero-order chi connectivity index (χ0) is 14.3. The molecule has 19 heavy (non-hydrogen) atoms. The summed E-state index contributed by atoms with van der Waals surface area (Å²) in [5.74, 6) is 0.933. The highest BCUT2D eigenvalue weighted by atomic mass is 16.5. The molecule has 4 nitrogen and oxygen atoms in total. The van der Waals surface area contributed by atoms with Crippen molar-refractivity contribution in [3.05, 3.63) is 28.8 Å². The molecule has 4 heteroatoms. The van der Waals surface area contributed by atoms with Gasteiger partial charge in [0.15, 0.2) is 0 Å². The maximum atomic E-state index is 11.2. The van der Waals surface area contributed by atoms with Crippen molar-refractivity contribution in [2.24, 2.45) is 0 Å². The molecule has 0 aliphatic heterocycles. The Balaban J connectivity index is 2.59. The molecule has 0 aromatic heterocycles. The number of hydrogen-bond acceptors (Lipinski definition) is 3. The van der Waals surface area contributed by atoms with E-state index in [1.54, 1.807) is 6.92 Å². The lowest BCUT2D eigenvalue weighted by Crippen LogP contribution is -2.26. The summed E-state index contributed by atoms with van der Waals surface area (Å²) in [6.07, 6.45) is 0.431. The van der Waals surface area contributed by atoms with Crippen molar-refractivity contribution in [2.75, 3.05) is 19.8 Å². The third kappa shape index (κ3) is 4.81. The topological polar surface area (TPSA) is 47.6 Å². The summed E-state index contributed by atoms with van der Waals surface area (Å²) in [6.45, 7) is 9.50. The summed E-state index contributed by atoms with van der Waals surface area (Å²) in [5.41, 5.74) is 3.52. The first-order chi connectivity index (χ1) is 9.08. The molecular weight excluding hydrogens is 242 g/mol. The second kappa shape index (κ2) is 7.67. The van der Waals surface area contributed by atoms with Gasteiger partial charge in [0.05, 0.1) is 13.2 Å².